The van der Waals surface area contributed by atoms with Gasteiger partial charge in [-0.05, 0) is 36.5 Å². The van der Waals surface area contributed by atoms with Crippen molar-refractivity contribution in [1.82, 2.24) is 0 Å². The van der Waals surface area contributed by atoms with Crippen molar-refractivity contribution >= 4 is 5.97 Å². The molecule has 0 heterocycles. The third-order valence-electron chi connectivity index (χ3n) is 3.61. The average Bonchev–Trinajstić information content (AvgIpc) is 2.53. The van der Waals surface area contributed by atoms with Gasteiger partial charge in [-0.2, -0.15) is 0 Å². The summed E-state index contributed by atoms with van der Waals surface area (Å²) in [5, 5.41) is 0. The highest BCUT2D eigenvalue weighted by atomic mass is 16.5. The van der Waals surface area contributed by atoms with E-state index in [2.05, 4.69) is 31.2 Å². The molecule has 2 rings (SSSR count). The average molecular weight is 282 g/mol. The smallest absolute Gasteiger partial charge is 0.311 e. The van der Waals surface area contributed by atoms with Crippen LogP contribution in [0.5, 0.6) is 5.75 Å². The van der Waals surface area contributed by atoms with Gasteiger partial charge in [-0.25, -0.2) is 0 Å². The molecule has 0 spiro atoms. The standard InChI is InChI=1S/C19H22O2/c1-16(17-11-4-2-5-12-17)10-8-9-15-19(20)21-18-13-6-3-7-14-18/h2-7,11-14,16H,8-10,15H2,1H3. The van der Waals surface area contributed by atoms with Crippen LogP contribution in [0.2, 0.25) is 0 Å². The quantitative estimate of drug-likeness (QED) is 0.408. The zero-order valence-electron chi connectivity index (χ0n) is 12.5. The maximum Gasteiger partial charge on any atom is 0.311 e. The van der Waals surface area contributed by atoms with Crippen LogP contribution in [-0.2, 0) is 4.79 Å². The van der Waals surface area contributed by atoms with E-state index >= 15 is 0 Å². The minimum absolute atomic E-state index is 0.145. The Labute approximate surface area is 126 Å². The summed E-state index contributed by atoms with van der Waals surface area (Å²) in [5.74, 6) is 1.02. The number of hydrogen-bond acceptors (Lipinski definition) is 2. The molecule has 0 radical (unpaired) electrons. The van der Waals surface area contributed by atoms with Gasteiger partial charge in [0.2, 0.25) is 0 Å². The Balaban J connectivity index is 1.64. The highest BCUT2D eigenvalue weighted by Gasteiger charge is 2.07. The highest BCUT2D eigenvalue weighted by Crippen LogP contribution is 2.21. The highest BCUT2D eigenvalue weighted by molar-refractivity contribution is 5.72. The summed E-state index contributed by atoms with van der Waals surface area (Å²) in [6.45, 7) is 2.23. The molecule has 0 bridgehead atoms. The van der Waals surface area contributed by atoms with Crippen LogP contribution in [0.25, 0.3) is 0 Å². The molecular formula is C19H22O2. The van der Waals surface area contributed by atoms with Gasteiger partial charge in [0.25, 0.3) is 0 Å². The van der Waals surface area contributed by atoms with Crippen LogP contribution in [-0.4, -0.2) is 5.97 Å². The number of unbranched alkanes of at least 4 members (excludes halogenated alkanes) is 1. The van der Waals surface area contributed by atoms with Crippen molar-refractivity contribution < 1.29 is 9.53 Å². The van der Waals surface area contributed by atoms with E-state index < -0.39 is 0 Å². The number of esters is 1. The molecule has 0 saturated heterocycles. The van der Waals surface area contributed by atoms with Crippen molar-refractivity contribution in [2.45, 2.75) is 38.5 Å². The van der Waals surface area contributed by atoms with Gasteiger partial charge >= 0.3 is 5.97 Å². The normalized spacial score (nSPS) is 11.9. The Kier molecular flexibility index (Phi) is 6.01. The van der Waals surface area contributed by atoms with E-state index in [4.69, 9.17) is 4.74 Å². The van der Waals surface area contributed by atoms with E-state index in [1.165, 1.54) is 5.56 Å². The van der Waals surface area contributed by atoms with Gasteiger partial charge in [0.05, 0.1) is 0 Å². The van der Waals surface area contributed by atoms with Gasteiger partial charge < -0.3 is 4.74 Å². The zero-order valence-corrected chi connectivity index (χ0v) is 12.5. The molecule has 0 aliphatic carbocycles. The molecule has 2 aromatic rings. The molecule has 0 fully saturated rings. The SMILES string of the molecule is CC(CCCCC(=O)Oc1ccccc1)c1ccccc1. The molecule has 1 atom stereocenters. The van der Waals surface area contributed by atoms with E-state index in [1.807, 2.05) is 24.3 Å². The molecule has 0 saturated carbocycles. The number of benzene rings is 2. The predicted molar refractivity (Wildman–Crippen MR) is 85.4 cm³/mol. The Morgan fingerprint density at radius 3 is 2.24 bits per heavy atom. The van der Waals surface area contributed by atoms with Gasteiger partial charge in [0.15, 0.2) is 0 Å². The van der Waals surface area contributed by atoms with Crippen molar-refractivity contribution in [2.24, 2.45) is 0 Å². The van der Waals surface area contributed by atoms with Crippen LogP contribution in [0.1, 0.15) is 44.1 Å². The number of hydrogen-bond donors (Lipinski definition) is 0. The fourth-order valence-corrected chi connectivity index (χ4v) is 2.34. The van der Waals surface area contributed by atoms with Gasteiger partial charge in [0, 0.05) is 6.42 Å². The molecule has 2 aromatic carbocycles. The first-order valence-corrected chi connectivity index (χ1v) is 7.56. The second kappa shape index (κ2) is 8.25. The van der Waals surface area contributed by atoms with Gasteiger partial charge in [0.1, 0.15) is 5.75 Å². The molecule has 21 heavy (non-hydrogen) atoms. The van der Waals surface area contributed by atoms with Crippen LogP contribution >= 0.6 is 0 Å². The summed E-state index contributed by atoms with van der Waals surface area (Å²) >= 11 is 0. The van der Waals surface area contributed by atoms with Crippen molar-refractivity contribution in [3.63, 3.8) is 0 Å². The van der Waals surface area contributed by atoms with Crippen LogP contribution in [0.15, 0.2) is 60.7 Å². The minimum Gasteiger partial charge on any atom is -0.427 e. The number of carbonyl (C=O) groups excluding carboxylic acids is 1. The lowest BCUT2D eigenvalue weighted by Gasteiger charge is -2.11. The van der Waals surface area contributed by atoms with E-state index in [0.717, 1.165) is 19.3 Å². The Morgan fingerprint density at radius 2 is 1.57 bits per heavy atom. The number of carbonyl (C=O) groups is 1. The van der Waals surface area contributed by atoms with Gasteiger partial charge in [-0.1, -0.05) is 61.9 Å². The summed E-state index contributed by atoms with van der Waals surface area (Å²) in [4.78, 5) is 11.7. The van der Waals surface area contributed by atoms with E-state index in [1.54, 1.807) is 12.1 Å². The monoisotopic (exact) mass is 282 g/mol. The lowest BCUT2D eigenvalue weighted by Crippen LogP contribution is -2.07. The second-order valence-electron chi connectivity index (χ2n) is 5.34. The number of ether oxygens (including phenoxy) is 1. The van der Waals surface area contributed by atoms with Crippen LogP contribution < -0.4 is 4.74 Å². The number of rotatable bonds is 7. The topological polar surface area (TPSA) is 26.3 Å². The maximum absolute atomic E-state index is 11.7. The van der Waals surface area contributed by atoms with E-state index in [9.17, 15) is 4.79 Å². The van der Waals surface area contributed by atoms with Crippen molar-refractivity contribution in [1.29, 1.82) is 0 Å². The van der Waals surface area contributed by atoms with E-state index in [-0.39, 0.29) is 5.97 Å². The minimum atomic E-state index is -0.145. The first kappa shape index (κ1) is 15.3. The summed E-state index contributed by atoms with van der Waals surface area (Å²) in [6, 6.07) is 19.7. The predicted octanol–water partition coefficient (Wildman–Crippen LogP) is 4.96. The van der Waals surface area contributed by atoms with Crippen LogP contribution in [0.3, 0.4) is 0 Å². The fourth-order valence-electron chi connectivity index (χ4n) is 2.34. The molecule has 2 nitrogen and oxygen atoms in total. The molecular weight excluding hydrogens is 260 g/mol. The molecule has 0 N–H and O–H groups in total. The summed E-state index contributed by atoms with van der Waals surface area (Å²) in [7, 11) is 0. The molecule has 2 heteroatoms. The molecule has 0 aromatic heterocycles. The van der Waals surface area contributed by atoms with Crippen molar-refractivity contribution in [3.8, 4) is 5.75 Å². The zero-order chi connectivity index (χ0) is 14.9. The first-order chi connectivity index (χ1) is 10.3. The first-order valence-electron chi connectivity index (χ1n) is 7.56. The molecule has 1 unspecified atom stereocenters. The fraction of sp³-hybridized carbons (Fsp3) is 0.316. The molecule has 0 amide bonds. The summed E-state index contributed by atoms with van der Waals surface area (Å²) in [5.41, 5.74) is 1.37. The third kappa shape index (κ3) is 5.42. The largest absolute Gasteiger partial charge is 0.427 e. The molecule has 110 valence electrons. The molecule has 0 aliphatic heterocycles. The summed E-state index contributed by atoms with van der Waals surface area (Å²) in [6.07, 6.45) is 3.50. The number of para-hydroxylation sites is 1. The molecule has 0 aliphatic rings. The van der Waals surface area contributed by atoms with Gasteiger partial charge in [-0.15, -0.1) is 0 Å². The Bertz CT molecular complexity index is 534. The lowest BCUT2D eigenvalue weighted by molar-refractivity contribution is -0.134. The van der Waals surface area contributed by atoms with Gasteiger partial charge in [-0.3, -0.25) is 4.79 Å². The summed E-state index contributed by atoms with van der Waals surface area (Å²) < 4.78 is 5.27. The van der Waals surface area contributed by atoms with Crippen molar-refractivity contribution in [2.75, 3.05) is 0 Å². The Morgan fingerprint density at radius 1 is 0.952 bits per heavy atom. The van der Waals surface area contributed by atoms with Crippen molar-refractivity contribution in [3.05, 3.63) is 66.2 Å². The van der Waals surface area contributed by atoms with Crippen LogP contribution in [0.4, 0.5) is 0 Å². The second-order valence-corrected chi connectivity index (χ2v) is 5.34. The van der Waals surface area contributed by atoms with Crippen LogP contribution in [0, 0.1) is 0 Å². The lowest BCUT2D eigenvalue weighted by atomic mass is 9.95. The Hall–Kier alpha value is -2.09. The van der Waals surface area contributed by atoms with E-state index in [0.29, 0.717) is 18.1 Å². The third-order valence-corrected chi connectivity index (χ3v) is 3.61. The maximum atomic E-state index is 11.7.